The van der Waals surface area contributed by atoms with Gasteiger partial charge in [-0.15, -0.1) is 0 Å². The Kier molecular flexibility index (Phi) is 5.40. The zero-order chi connectivity index (χ0) is 13.0. The summed E-state index contributed by atoms with van der Waals surface area (Å²) < 4.78 is 0. The number of hydrogen-bond acceptors (Lipinski definition) is 3. The largest absolute Gasteiger partial charge is 0.322 e. The summed E-state index contributed by atoms with van der Waals surface area (Å²) in [6.07, 6.45) is 1.18. The maximum absolute atomic E-state index is 12.1. The van der Waals surface area contributed by atoms with Crippen LogP contribution in [0, 0.1) is 0 Å². The average molecular weight is 241 g/mol. The van der Waals surface area contributed by atoms with Crippen molar-refractivity contribution in [2.45, 2.75) is 59.3 Å². The van der Waals surface area contributed by atoms with E-state index in [9.17, 15) is 4.79 Å². The van der Waals surface area contributed by atoms with E-state index >= 15 is 0 Å². The normalized spacial score (nSPS) is 26.9. The summed E-state index contributed by atoms with van der Waals surface area (Å²) in [5.74, 6) is 0.247. The predicted octanol–water partition coefficient (Wildman–Crippen LogP) is 1.27. The number of nitrogens with one attached hydrogen (secondary N) is 1. The molecule has 1 saturated heterocycles. The van der Waals surface area contributed by atoms with Gasteiger partial charge in [0, 0.05) is 12.6 Å². The van der Waals surface area contributed by atoms with E-state index in [4.69, 9.17) is 0 Å². The van der Waals surface area contributed by atoms with Crippen molar-refractivity contribution in [3.63, 3.8) is 0 Å². The molecule has 1 aliphatic heterocycles. The number of nitrogens with zero attached hydrogens (tertiary/aromatic N) is 2. The number of carbonyl (C=O) groups is 1. The minimum Gasteiger partial charge on any atom is -0.322 e. The van der Waals surface area contributed by atoms with Crippen LogP contribution in [-0.2, 0) is 4.79 Å². The van der Waals surface area contributed by atoms with Gasteiger partial charge >= 0.3 is 0 Å². The summed E-state index contributed by atoms with van der Waals surface area (Å²) >= 11 is 0. The number of hydrogen-bond donors (Lipinski definition) is 1. The zero-order valence-corrected chi connectivity index (χ0v) is 11.9. The van der Waals surface area contributed by atoms with Crippen LogP contribution < -0.4 is 5.32 Å². The van der Waals surface area contributed by atoms with Crippen LogP contribution in [0.15, 0.2) is 0 Å². The number of carbonyl (C=O) groups excluding carboxylic acids is 1. The molecule has 17 heavy (non-hydrogen) atoms. The summed E-state index contributed by atoms with van der Waals surface area (Å²) in [7, 11) is 0. The highest BCUT2D eigenvalue weighted by Gasteiger charge is 2.37. The van der Waals surface area contributed by atoms with Gasteiger partial charge in [-0.05, 0) is 33.4 Å². The molecule has 0 aliphatic carbocycles. The first kappa shape index (κ1) is 14.5. The van der Waals surface area contributed by atoms with E-state index in [0.29, 0.717) is 0 Å². The van der Waals surface area contributed by atoms with Gasteiger partial charge in [0.15, 0.2) is 0 Å². The van der Waals surface area contributed by atoms with E-state index in [1.807, 2.05) is 11.8 Å². The second-order valence-corrected chi connectivity index (χ2v) is 4.89. The lowest BCUT2D eigenvalue weighted by molar-refractivity contribution is -0.132. The molecule has 1 fully saturated rings. The Labute approximate surface area is 105 Å². The van der Waals surface area contributed by atoms with Crippen LogP contribution in [0.3, 0.4) is 0 Å². The number of rotatable bonds is 6. The van der Waals surface area contributed by atoms with Crippen molar-refractivity contribution in [3.8, 4) is 0 Å². The molecular weight excluding hydrogens is 214 g/mol. The molecule has 0 bridgehead atoms. The fourth-order valence-electron chi connectivity index (χ4n) is 2.60. The summed E-state index contributed by atoms with van der Waals surface area (Å²) in [5.41, 5.74) is 0. The summed E-state index contributed by atoms with van der Waals surface area (Å²) in [6.45, 7) is 13.6. The molecule has 0 aromatic heterocycles. The molecule has 4 nitrogen and oxygen atoms in total. The molecule has 1 N–H and O–H groups in total. The van der Waals surface area contributed by atoms with Gasteiger partial charge in [-0.2, -0.15) is 0 Å². The topological polar surface area (TPSA) is 35.6 Å². The Morgan fingerprint density at radius 3 is 2.41 bits per heavy atom. The maximum Gasteiger partial charge on any atom is 0.241 e. The highest BCUT2D eigenvalue weighted by molar-refractivity contribution is 5.84. The smallest absolute Gasteiger partial charge is 0.241 e. The average Bonchev–Trinajstić information content (AvgIpc) is 2.62. The van der Waals surface area contributed by atoms with Crippen molar-refractivity contribution >= 4 is 5.91 Å². The zero-order valence-electron chi connectivity index (χ0n) is 11.9. The standard InChI is InChI=1S/C13H27N3O/c1-6-12-14-11(5)13(17)16(12)10(4)9-15(7-2)8-3/h10-12,14H,6-9H2,1-5H3. The van der Waals surface area contributed by atoms with E-state index in [-0.39, 0.29) is 24.2 Å². The molecule has 3 atom stereocenters. The fourth-order valence-corrected chi connectivity index (χ4v) is 2.60. The van der Waals surface area contributed by atoms with Gasteiger partial charge in [0.25, 0.3) is 0 Å². The molecule has 1 amide bonds. The van der Waals surface area contributed by atoms with Crippen molar-refractivity contribution in [2.75, 3.05) is 19.6 Å². The highest BCUT2D eigenvalue weighted by Crippen LogP contribution is 2.17. The van der Waals surface area contributed by atoms with Crippen molar-refractivity contribution < 1.29 is 4.79 Å². The molecule has 0 aromatic rings. The van der Waals surface area contributed by atoms with Crippen LogP contribution in [0.1, 0.15) is 41.0 Å². The predicted molar refractivity (Wildman–Crippen MR) is 70.8 cm³/mol. The third-order valence-electron chi connectivity index (χ3n) is 3.68. The Hall–Kier alpha value is -0.610. The summed E-state index contributed by atoms with van der Waals surface area (Å²) in [4.78, 5) is 16.5. The molecule has 4 heteroatoms. The lowest BCUT2D eigenvalue weighted by Crippen LogP contribution is -2.48. The van der Waals surface area contributed by atoms with Crippen molar-refractivity contribution in [3.05, 3.63) is 0 Å². The van der Waals surface area contributed by atoms with E-state index in [0.717, 1.165) is 26.1 Å². The maximum atomic E-state index is 12.1. The first-order valence-corrected chi connectivity index (χ1v) is 6.85. The van der Waals surface area contributed by atoms with E-state index in [1.165, 1.54) is 0 Å². The van der Waals surface area contributed by atoms with Crippen molar-refractivity contribution in [1.29, 1.82) is 0 Å². The van der Waals surface area contributed by atoms with Crippen LogP contribution in [0.2, 0.25) is 0 Å². The van der Waals surface area contributed by atoms with Crippen LogP contribution >= 0.6 is 0 Å². The Morgan fingerprint density at radius 1 is 1.35 bits per heavy atom. The molecule has 3 unspecified atom stereocenters. The highest BCUT2D eigenvalue weighted by atomic mass is 16.2. The third-order valence-corrected chi connectivity index (χ3v) is 3.68. The molecule has 1 rings (SSSR count). The minimum absolute atomic E-state index is 0.0286. The SMILES string of the molecule is CCC1NC(C)C(=O)N1C(C)CN(CC)CC. The Balaban J connectivity index is 2.66. The molecule has 0 aromatic carbocycles. The van der Waals surface area contributed by atoms with Gasteiger partial charge in [0.1, 0.15) is 0 Å². The van der Waals surface area contributed by atoms with E-state index < -0.39 is 0 Å². The minimum atomic E-state index is -0.0286. The second kappa shape index (κ2) is 6.36. The monoisotopic (exact) mass is 241 g/mol. The molecular formula is C13H27N3O. The van der Waals surface area contributed by atoms with Gasteiger partial charge < -0.3 is 9.80 Å². The van der Waals surface area contributed by atoms with Gasteiger partial charge in [-0.3, -0.25) is 10.1 Å². The molecule has 0 saturated carbocycles. The summed E-state index contributed by atoms with van der Waals surface area (Å²) in [6, 6.07) is 0.254. The fraction of sp³-hybridized carbons (Fsp3) is 0.923. The van der Waals surface area contributed by atoms with E-state index in [2.05, 4.69) is 37.9 Å². The van der Waals surface area contributed by atoms with Gasteiger partial charge in [-0.1, -0.05) is 20.8 Å². The van der Waals surface area contributed by atoms with Crippen LogP contribution in [0.25, 0.3) is 0 Å². The molecule has 1 aliphatic rings. The number of amides is 1. The van der Waals surface area contributed by atoms with Crippen LogP contribution in [0.5, 0.6) is 0 Å². The van der Waals surface area contributed by atoms with Gasteiger partial charge in [0.2, 0.25) is 5.91 Å². The van der Waals surface area contributed by atoms with E-state index in [1.54, 1.807) is 0 Å². The molecule has 100 valence electrons. The van der Waals surface area contributed by atoms with Gasteiger partial charge in [0.05, 0.1) is 12.2 Å². The quantitative estimate of drug-likeness (QED) is 0.761. The molecule has 0 radical (unpaired) electrons. The summed E-state index contributed by atoms with van der Waals surface area (Å²) in [5, 5.41) is 3.35. The first-order chi connectivity index (χ1) is 8.04. The second-order valence-electron chi connectivity index (χ2n) is 4.89. The molecule has 0 spiro atoms. The number of likely N-dealkylation sites (N-methyl/N-ethyl adjacent to an activating group) is 1. The Bertz CT molecular complexity index is 253. The third kappa shape index (κ3) is 3.19. The van der Waals surface area contributed by atoms with Crippen molar-refractivity contribution in [2.24, 2.45) is 0 Å². The van der Waals surface area contributed by atoms with Crippen LogP contribution in [-0.4, -0.2) is 53.6 Å². The van der Waals surface area contributed by atoms with Crippen molar-refractivity contribution in [1.82, 2.24) is 15.1 Å². The molecule has 1 heterocycles. The lowest BCUT2D eigenvalue weighted by atomic mass is 10.2. The Morgan fingerprint density at radius 2 is 1.94 bits per heavy atom. The van der Waals surface area contributed by atoms with Gasteiger partial charge in [-0.25, -0.2) is 0 Å². The van der Waals surface area contributed by atoms with Crippen LogP contribution in [0.4, 0.5) is 0 Å². The lowest BCUT2D eigenvalue weighted by Gasteiger charge is -2.33. The first-order valence-electron chi connectivity index (χ1n) is 6.85.